The van der Waals surface area contributed by atoms with Gasteiger partial charge in [-0.15, -0.1) is 0 Å². The fourth-order valence-corrected chi connectivity index (χ4v) is 7.25. The molecule has 0 aliphatic carbocycles. The molecule has 4 aromatic rings. The van der Waals surface area contributed by atoms with Crippen molar-refractivity contribution in [2.45, 2.75) is 43.5 Å². The molecule has 4 aromatic carbocycles. The molecule has 0 atom stereocenters. The van der Waals surface area contributed by atoms with E-state index in [4.69, 9.17) is 9.16 Å². The first-order chi connectivity index (χ1) is 19.5. The first kappa shape index (κ1) is 30.1. The van der Waals surface area contributed by atoms with Crippen molar-refractivity contribution < 1.29 is 17.6 Å². The molecule has 0 saturated carbocycles. The molecular weight excluding hydrogens is 547 g/mol. The number of benzene rings is 4. The summed E-state index contributed by atoms with van der Waals surface area (Å²) >= 11 is 0. The number of hydrogen-bond donors (Lipinski definition) is 0. The molecule has 0 aliphatic rings. The maximum Gasteiger partial charge on any atom is 0.264 e. The zero-order chi connectivity index (χ0) is 29.5. The van der Waals surface area contributed by atoms with Crippen LogP contribution in [0.25, 0.3) is 0 Å². The fraction of sp³-hybridized carbons (Fsp3) is 0.235. The second-order valence-electron chi connectivity index (χ2n) is 10.8. The molecule has 0 aliphatic heterocycles. The average molecular weight is 584 g/mol. The van der Waals surface area contributed by atoms with Crippen molar-refractivity contribution >= 4 is 24.0 Å². The fourth-order valence-electron chi connectivity index (χ4n) is 4.58. The van der Waals surface area contributed by atoms with Crippen LogP contribution >= 0.6 is 0 Å². The van der Waals surface area contributed by atoms with Gasteiger partial charge in [-0.25, -0.2) is 8.42 Å². The average Bonchev–Trinajstić information content (AvgIpc) is 2.97. The van der Waals surface area contributed by atoms with E-state index in [0.29, 0.717) is 17.9 Å². The highest BCUT2D eigenvalue weighted by Crippen LogP contribution is 2.36. The third kappa shape index (κ3) is 7.28. The van der Waals surface area contributed by atoms with Gasteiger partial charge in [-0.05, 0) is 74.1 Å². The van der Waals surface area contributed by atoms with Gasteiger partial charge in [0, 0.05) is 13.0 Å². The highest BCUT2D eigenvalue weighted by molar-refractivity contribution is 7.92. The summed E-state index contributed by atoms with van der Waals surface area (Å²) in [4.78, 5) is 0.233. The second kappa shape index (κ2) is 12.8. The molecule has 4 rings (SSSR count). The van der Waals surface area contributed by atoms with Crippen molar-refractivity contribution in [2.75, 3.05) is 18.0 Å². The van der Waals surface area contributed by atoms with Crippen molar-refractivity contribution in [3.63, 3.8) is 0 Å². The van der Waals surface area contributed by atoms with Gasteiger partial charge < -0.3 is 9.16 Å². The van der Waals surface area contributed by atoms with Crippen molar-refractivity contribution in [1.29, 1.82) is 0 Å². The van der Waals surface area contributed by atoms with E-state index in [9.17, 15) is 8.42 Å². The Morgan fingerprint density at radius 2 is 1.32 bits per heavy atom. The van der Waals surface area contributed by atoms with Gasteiger partial charge in [0.05, 0.1) is 17.7 Å². The van der Waals surface area contributed by atoms with Gasteiger partial charge in [-0.2, -0.15) is 0 Å². The van der Waals surface area contributed by atoms with Crippen LogP contribution in [0.1, 0.15) is 23.1 Å². The highest BCUT2D eigenvalue weighted by Gasteiger charge is 2.38. The lowest BCUT2D eigenvalue weighted by Crippen LogP contribution is -2.40. The van der Waals surface area contributed by atoms with E-state index in [-0.39, 0.29) is 11.4 Å². The summed E-state index contributed by atoms with van der Waals surface area (Å²) in [7, 11) is -4.36. The van der Waals surface area contributed by atoms with Gasteiger partial charge in [0.25, 0.3) is 10.0 Å². The van der Waals surface area contributed by atoms with Gasteiger partial charge in [0.1, 0.15) is 5.75 Å². The highest BCUT2D eigenvalue weighted by atomic mass is 32.2. The molecule has 5 nitrogen and oxygen atoms in total. The van der Waals surface area contributed by atoms with Crippen LogP contribution in [0.15, 0.2) is 114 Å². The Morgan fingerprint density at radius 1 is 0.780 bits per heavy atom. The third-order valence-electron chi connectivity index (χ3n) is 6.49. The minimum absolute atomic E-state index is 0.169. The van der Waals surface area contributed by atoms with Crippen LogP contribution in [0.4, 0.5) is 5.69 Å². The number of sulfonamides is 1. The first-order valence-corrected chi connectivity index (χ1v) is 18.4. The summed E-state index contributed by atoms with van der Waals surface area (Å²) < 4.78 is 41.3. The topological polar surface area (TPSA) is 55.8 Å². The van der Waals surface area contributed by atoms with E-state index in [2.05, 4.69) is 31.5 Å². The molecule has 0 bridgehead atoms. The molecule has 0 unspecified atom stereocenters. The van der Waals surface area contributed by atoms with Crippen LogP contribution in [0.3, 0.4) is 0 Å². The molecule has 0 amide bonds. The van der Waals surface area contributed by atoms with Gasteiger partial charge in [-0.3, -0.25) is 4.31 Å². The van der Waals surface area contributed by atoms with Crippen molar-refractivity contribution in [2.24, 2.45) is 0 Å². The summed E-state index contributed by atoms with van der Waals surface area (Å²) in [5, 5.41) is 0. The minimum atomic E-state index is -3.84. The lowest BCUT2D eigenvalue weighted by molar-refractivity contribution is 0.166. The standard InChI is InChI=1S/C34H37NO4SSi/c1-28-18-24-33(25-19-28)40(36,37)35(31-20-22-32(38-2)23-21-31)27-13-12-26-34(39-41(3,4)5,29-14-8-6-9-15-29)30-16-10-7-11-17-30/h6-11,14-25H,13,27H2,1-5H3. The molecule has 0 radical (unpaired) electrons. The van der Waals surface area contributed by atoms with E-state index >= 15 is 0 Å². The van der Waals surface area contributed by atoms with E-state index in [1.807, 2.05) is 67.6 Å². The monoisotopic (exact) mass is 583 g/mol. The van der Waals surface area contributed by atoms with Crippen LogP contribution in [0, 0.1) is 18.8 Å². The Balaban J connectivity index is 1.75. The Hall–Kier alpha value is -3.83. The summed E-state index contributed by atoms with van der Waals surface area (Å²) in [5.41, 5.74) is 2.45. The number of nitrogens with zero attached hydrogens (tertiary/aromatic N) is 1. The molecule has 41 heavy (non-hydrogen) atoms. The zero-order valence-corrected chi connectivity index (χ0v) is 26.1. The van der Waals surface area contributed by atoms with Gasteiger partial charge in [0.15, 0.2) is 13.9 Å². The Bertz CT molecular complexity index is 1550. The van der Waals surface area contributed by atoms with Crippen molar-refractivity contribution in [1.82, 2.24) is 0 Å². The molecule has 0 spiro atoms. The van der Waals surface area contributed by atoms with Crippen LogP contribution in [0.2, 0.25) is 19.6 Å². The molecular formula is C34H37NO4SSi. The second-order valence-corrected chi connectivity index (χ2v) is 17.1. The van der Waals surface area contributed by atoms with Crippen LogP contribution < -0.4 is 9.04 Å². The van der Waals surface area contributed by atoms with E-state index < -0.39 is 23.9 Å². The Kier molecular flexibility index (Phi) is 9.39. The number of anilines is 1. The van der Waals surface area contributed by atoms with Crippen LogP contribution in [-0.4, -0.2) is 30.4 Å². The molecule has 0 heterocycles. The predicted octanol–water partition coefficient (Wildman–Crippen LogP) is 7.39. The lowest BCUT2D eigenvalue weighted by atomic mass is 9.87. The summed E-state index contributed by atoms with van der Waals surface area (Å²) in [6.07, 6.45) is 0.299. The zero-order valence-electron chi connectivity index (χ0n) is 24.3. The molecule has 7 heteroatoms. The van der Waals surface area contributed by atoms with Crippen LogP contribution in [0.5, 0.6) is 5.75 Å². The SMILES string of the molecule is COc1ccc(N(CCC#CC(O[Si](C)(C)C)(c2ccccc2)c2ccccc2)S(=O)(=O)c2ccc(C)cc2)cc1. The Morgan fingerprint density at radius 3 is 1.80 bits per heavy atom. The van der Waals surface area contributed by atoms with E-state index in [1.165, 1.54) is 4.31 Å². The smallest absolute Gasteiger partial charge is 0.264 e. The number of methoxy groups -OCH3 is 1. The summed E-state index contributed by atoms with van der Waals surface area (Å²) in [6.45, 7) is 8.54. The number of hydrogen-bond acceptors (Lipinski definition) is 4. The number of ether oxygens (including phenoxy) is 1. The molecule has 0 fully saturated rings. The summed E-state index contributed by atoms with van der Waals surface area (Å²) in [6, 6.07) is 34.0. The van der Waals surface area contributed by atoms with E-state index in [0.717, 1.165) is 16.7 Å². The summed E-state index contributed by atoms with van der Waals surface area (Å²) in [5.74, 6) is 7.44. The lowest BCUT2D eigenvalue weighted by Gasteiger charge is -2.36. The van der Waals surface area contributed by atoms with Crippen LogP contribution in [-0.2, 0) is 20.1 Å². The number of aryl methyl sites for hydroxylation is 1. The van der Waals surface area contributed by atoms with Crippen molar-refractivity contribution in [3.05, 3.63) is 126 Å². The maximum absolute atomic E-state index is 13.8. The number of rotatable bonds is 10. The molecule has 0 N–H and O–H groups in total. The Labute approximate surface area is 246 Å². The maximum atomic E-state index is 13.8. The minimum Gasteiger partial charge on any atom is -0.497 e. The van der Waals surface area contributed by atoms with Gasteiger partial charge in [0.2, 0.25) is 0 Å². The molecule has 212 valence electrons. The predicted molar refractivity (Wildman–Crippen MR) is 169 cm³/mol. The largest absolute Gasteiger partial charge is 0.497 e. The van der Waals surface area contributed by atoms with Crippen molar-refractivity contribution in [3.8, 4) is 17.6 Å². The first-order valence-electron chi connectivity index (χ1n) is 13.6. The normalized spacial score (nSPS) is 11.8. The third-order valence-corrected chi connectivity index (χ3v) is 9.25. The quantitative estimate of drug-likeness (QED) is 0.144. The molecule has 0 aromatic heterocycles. The molecule has 0 saturated heterocycles. The van der Waals surface area contributed by atoms with Gasteiger partial charge >= 0.3 is 0 Å². The van der Waals surface area contributed by atoms with Gasteiger partial charge in [-0.1, -0.05) is 90.2 Å². The van der Waals surface area contributed by atoms with E-state index in [1.54, 1.807) is 55.6 Å².